The standard InChI is InChI=1S/C16H23NO/c1-18-15-11-13-7-3-2-6-12(13)10-14(15)16(17)8-4-5-9-16/h10-11H,2-9,17H2,1H3. The summed E-state index contributed by atoms with van der Waals surface area (Å²) in [5, 5.41) is 0. The molecule has 1 aromatic rings. The van der Waals surface area contributed by atoms with E-state index >= 15 is 0 Å². The Morgan fingerprint density at radius 3 is 2.22 bits per heavy atom. The van der Waals surface area contributed by atoms with Crippen molar-refractivity contribution in [2.45, 2.75) is 56.9 Å². The van der Waals surface area contributed by atoms with E-state index in [1.54, 1.807) is 7.11 Å². The minimum absolute atomic E-state index is 0.141. The SMILES string of the molecule is COc1cc2c(cc1C1(N)CCCC1)CCCC2. The number of ether oxygens (including phenoxy) is 1. The molecule has 0 bridgehead atoms. The highest BCUT2D eigenvalue weighted by Gasteiger charge is 2.34. The Bertz CT molecular complexity index is 447. The lowest BCUT2D eigenvalue weighted by atomic mass is 9.83. The van der Waals surface area contributed by atoms with Gasteiger partial charge < -0.3 is 10.5 Å². The zero-order valence-corrected chi connectivity index (χ0v) is 11.3. The molecule has 2 aliphatic carbocycles. The molecule has 0 aliphatic heterocycles. The molecule has 1 fully saturated rings. The second-order valence-corrected chi connectivity index (χ2v) is 5.89. The quantitative estimate of drug-likeness (QED) is 0.867. The summed E-state index contributed by atoms with van der Waals surface area (Å²) < 4.78 is 5.61. The van der Waals surface area contributed by atoms with Gasteiger partial charge in [0.05, 0.1) is 7.11 Å². The van der Waals surface area contributed by atoms with Crippen LogP contribution >= 0.6 is 0 Å². The molecule has 2 aliphatic rings. The maximum atomic E-state index is 6.61. The average molecular weight is 245 g/mol. The maximum absolute atomic E-state index is 6.61. The van der Waals surface area contributed by atoms with Crippen molar-refractivity contribution in [2.75, 3.05) is 7.11 Å². The third kappa shape index (κ3) is 1.93. The first kappa shape index (κ1) is 12.0. The van der Waals surface area contributed by atoms with Crippen molar-refractivity contribution < 1.29 is 4.74 Å². The molecule has 2 N–H and O–H groups in total. The van der Waals surface area contributed by atoms with Gasteiger partial charge in [-0.15, -0.1) is 0 Å². The van der Waals surface area contributed by atoms with Gasteiger partial charge in [0, 0.05) is 11.1 Å². The molecule has 2 heteroatoms. The number of rotatable bonds is 2. The predicted molar refractivity (Wildman–Crippen MR) is 74.0 cm³/mol. The summed E-state index contributed by atoms with van der Waals surface area (Å²) in [6.07, 6.45) is 9.73. The van der Waals surface area contributed by atoms with Crippen LogP contribution in [-0.2, 0) is 18.4 Å². The molecule has 1 aromatic carbocycles. The molecule has 0 amide bonds. The van der Waals surface area contributed by atoms with E-state index in [0.29, 0.717) is 0 Å². The fourth-order valence-corrected chi connectivity index (χ4v) is 3.60. The van der Waals surface area contributed by atoms with Gasteiger partial charge >= 0.3 is 0 Å². The van der Waals surface area contributed by atoms with Gasteiger partial charge in [-0.3, -0.25) is 0 Å². The van der Waals surface area contributed by atoms with Crippen LogP contribution in [0.3, 0.4) is 0 Å². The summed E-state index contributed by atoms with van der Waals surface area (Å²) >= 11 is 0. The van der Waals surface area contributed by atoms with Crippen molar-refractivity contribution >= 4 is 0 Å². The van der Waals surface area contributed by atoms with Crippen LogP contribution < -0.4 is 10.5 Å². The minimum atomic E-state index is -0.141. The van der Waals surface area contributed by atoms with Gasteiger partial charge in [0.25, 0.3) is 0 Å². The van der Waals surface area contributed by atoms with Crippen LogP contribution in [0.5, 0.6) is 5.75 Å². The number of hydrogen-bond donors (Lipinski definition) is 1. The van der Waals surface area contributed by atoms with Gasteiger partial charge in [-0.05, 0) is 61.8 Å². The molecule has 0 aromatic heterocycles. The van der Waals surface area contributed by atoms with E-state index < -0.39 is 0 Å². The highest BCUT2D eigenvalue weighted by Crippen LogP contribution is 2.42. The van der Waals surface area contributed by atoms with Crippen molar-refractivity contribution in [2.24, 2.45) is 5.73 Å². The van der Waals surface area contributed by atoms with E-state index in [2.05, 4.69) is 12.1 Å². The van der Waals surface area contributed by atoms with Crippen LogP contribution in [0.1, 0.15) is 55.2 Å². The average Bonchev–Trinajstić information content (AvgIpc) is 2.85. The number of hydrogen-bond acceptors (Lipinski definition) is 2. The van der Waals surface area contributed by atoms with Crippen LogP contribution in [0.15, 0.2) is 12.1 Å². The lowest BCUT2D eigenvalue weighted by Crippen LogP contribution is -2.34. The zero-order valence-electron chi connectivity index (χ0n) is 11.3. The van der Waals surface area contributed by atoms with Gasteiger partial charge in [-0.2, -0.15) is 0 Å². The van der Waals surface area contributed by atoms with E-state index in [0.717, 1.165) is 18.6 Å². The predicted octanol–water partition coefficient (Wildman–Crippen LogP) is 3.30. The molecule has 0 unspecified atom stereocenters. The van der Waals surface area contributed by atoms with E-state index in [1.807, 2.05) is 0 Å². The summed E-state index contributed by atoms with van der Waals surface area (Å²) in [4.78, 5) is 0. The van der Waals surface area contributed by atoms with E-state index in [-0.39, 0.29) is 5.54 Å². The number of fused-ring (bicyclic) bond motifs is 1. The van der Waals surface area contributed by atoms with Crippen LogP contribution in [-0.4, -0.2) is 7.11 Å². The van der Waals surface area contributed by atoms with Gasteiger partial charge in [0.1, 0.15) is 5.75 Å². The molecule has 0 spiro atoms. The van der Waals surface area contributed by atoms with Gasteiger partial charge in [-0.1, -0.05) is 12.8 Å². The normalized spacial score (nSPS) is 21.7. The van der Waals surface area contributed by atoms with Crippen molar-refractivity contribution in [3.05, 3.63) is 28.8 Å². The fraction of sp³-hybridized carbons (Fsp3) is 0.625. The Morgan fingerprint density at radius 2 is 1.61 bits per heavy atom. The van der Waals surface area contributed by atoms with Gasteiger partial charge in [0.2, 0.25) is 0 Å². The smallest absolute Gasteiger partial charge is 0.124 e. The van der Waals surface area contributed by atoms with E-state index in [1.165, 1.54) is 55.2 Å². The molecule has 3 rings (SSSR count). The minimum Gasteiger partial charge on any atom is -0.496 e. The van der Waals surface area contributed by atoms with Crippen LogP contribution in [0.2, 0.25) is 0 Å². The summed E-state index contributed by atoms with van der Waals surface area (Å²) in [7, 11) is 1.77. The molecule has 18 heavy (non-hydrogen) atoms. The van der Waals surface area contributed by atoms with Gasteiger partial charge in [-0.25, -0.2) is 0 Å². The molecule has 2 nitrogen and oxygen atoms in total. The third-order valence-corrected chi connectivity index (χ3v) is 4.70. The third-order valence-electron chi connectivity index (χ3n) is 4.70. The molecule has 0 radical (unpaired) electrons. The summed E-state index contributed by atoms with van der Waals surface area (Å²) in [5.74, 6) is 1.01. The fourth-order valence-electron chi connectivity index (χ4n) is 3.60. The van der Waals surface area contributed by atoms with Crippen molar-refractivity contribution in [3.63, 3.8) is 0 Å². The van der Waals surface area contributed by atoms with Crippen LogP contribution in [0, 0.1) is 0 Å². The van der Waals surface area contributed by atoms with Crippen molar-refractivity contribution in [3.8, 4) is 5.75 Å². The highest BCUT2D eigenvalue weighted by molar-refractivity contribution is 5.47. The van der Waals surface area contributed by atoms with Crippen molar-refractivity contribution in [1.82, 2.24) is 0 Å². The Morgan fingerprint density at radius 1 is 1.00 bits per heavy atom. The van der Waals surface area contributed by atoms with Crippen molar-refractivity contribution in [1.29, 1.82) is 0 Å². The molecular weight excluding hydrogens is 222 g/mol. The monoisotopic (exact) mass is 245 g/mol. The Hall–Kier alpha value is -1.02. The lowest BCUT2D eigenvalue weighted by Gasteiger charge is -2.29. The Kier molecular flexibility index (Phi) is 3.06. The van der Waals surface area contributed by atoms with Gasteiger partial charge in [0.15, 0.2) is 0 Å². The zero-order chi connectivity index (χ0) is 12.6. The Balaban J connectivity index is 2.07. The van der Waals surface area contributed by atoms with Crippen LogP contribution in [0.4, 0.5) is 0 Å². The topological polar surface area (TPSA) is 35.2 Å². The second-order valence-electron chi connectivity index (χ2n) is 5.89. The first-order chi connectivity index (χ1) is 8.73. The molecule has 0 atom stereocenters. The number of benzene rings is 1. The molecule has 0 saturated heterocycles. The van der Waals surface area contributed by atoms with E-state index in [4.69, 9.17) is 10.5 Å². The van der Waals surface area contributed by atoms with E-state index in [9.17, 15) is 0 Å². The summed E-state index contributed by atoms with van der Waals surface area (Å²) in [6.45, 7) is 0. The first-order valence-corrected chi connectivity index (χ1v) is 7.22. The number of nitrogens with two attached hydrogens (primary N) is 1. The Labute approximate surface area is 110 Å². The number of aryl methyl sites for hydroxylation is 2. The molecule has 98 valence electrons. The lowest BCUT2D eigenvalue weighted by molar-refractivity contribution is 0.378. The summed E-state index contributed by atoms with van der Waals surface area (Å²) in [5.41, 5.74) is 10.7. The molecule has 0 heterocycles. The highest BCUT2D eigenvalue weighted by atomic mass is 16.5. The maximum Gasteiger partial charge on any atom is 0.124 e. The summed E-state index contributed by atoms with van der Waals surface area (Å²) in [6, 6.07) is 4.59. The first-order valence-electron chi connectivity index (χ1n) is 7.22. The molecule has 1 saturated carbocycles. The van der Waals surface area contributed by atoms with Crippen LogP contribution in [0.25, 0.3) is 0 Å². The number of methoxy groups -OCH3 is 1. The second kappa shape index (κ2) is 4.58. The molecular formula is C16H23NO. The largest absolute Gasteiger partial charge is 0.496 e.